The highest BCUT2D eigenvalue weighted by atomic mass is 16.5. The first kappa shape index (κ1) is 12.0. The van der Waals surface area contributed by atoms with Gasteiger partial charge in [-0.05, 0) is 25.0 Å². The monoisotopic (exact) mass is 237 g/mol. The van der Waals surface area contributed by atoms with Gasteiger partial charge in [0.05, 0.1) is 7.11 Å². The van der Waals surface area contributed by atoms with Crippen LogP contribution in [0.25, 0.3) is 0 Å². The van der Waals surface area contributed by atoms with E-state index in [2.05, 4.69) is 4.90 Å². The maximum atomic E-state index is 9.61. The van der Waals surface area contributed by atoms with E-state index >= 15 is 0 Å². The van der Waals surface area contributed by atoms with Gasteiger partial charge in [0.15, 0.2) is 11.5 Å². The SMILES string of the molecule is COc1ccc(OCN2CCCCC2)cc1O. The van der Waals surface area contributed by atoms with E-state index in [1.54, 1.807) is 12.1 Å². The number of methoxy groups -OCH3 is 1. The number of piperidine rings is 1. The van der Waals surface area contributed by atoms with Gasteiger partial charge in [0, 0.05) is 19.2 Å². The van der Waals surface area contributed by atoms with Crippen molar-refractivity contribution in [2.24, 2.45) is 0 Å². The number of nitrogens with zero attached hydrogens (tertiary/aromatic N) is 1. The molecule has 94 valence electrons. The van der Waals surface area contributed by atoms with Crippen LogP contribution in [0.1, 0.15) is 19.3 Å². The molecule has 1 aliphatic heterocycles. The average Bonchev–Trinajstić information content (AvgIpc) is 2.38. The zero-order valence-electron chi connectivity index (χ0n) is 10.2. The highest BCUT2D eigenvalue weighted by Crippen LogP contribution is 2.29. The predicted octanol–water partition coefficient (Wildman–Crippen LogP) is 2.22. The molecule has 0 aliphatic carbocycles. The first-order valence-electron chi connectivity index (χ1n) is 6.02. The van der Waals surface area contributed by atoms with Crippen molar-refractivity contribution in [3.05, 3.63) is 18.2 Å². The van der Waals surface area contributed by atoms with Crippen molar-refractivity contribution in [2.45, 2.75) is 19.3 Å². The maximum absolute atomic E-state index is 9.61. The summed E-state index contributed by atoms with van der Waals surface area (Å²) in [6.45, 7) is 2.79. The van der Waals surface area contributed by atoms with E-state index in [0.29, 0.717) is 18.2 Å². The average molecular weight is 237 g/mol. The lowest BCUT2D eigenvalue weighted by Gasteiger charge is -2.26. The van der Waals surface area contributed by atoms with Gasteiger partial charge >= 0.3 is 0 Å². The number of rotatable bonds is 4. The van der Waals surface area contributed by atoms with E-state index < -0.39 is 0 Å². The third kappa shape index (κ3) is 3.27. The molecule has 0 atom stereocenters. The zero-order chi connectivity index (χ0) is 12.1. The summed E-state index contributed by atoms with van der Waals surface area (Å²) < 4.78 is 10.6. The minimum Gasteiger partial charge on any atom is -0.504 e. The van der Waals surface area contributed by atoms with E-state index in [1.165, 1.54) is 26.4 Å². The summed E-state index contributed by atoms with van der Waals surface area (Å²) >= 11 is 0. The van der Waals surface area contributed by atoms with Crippen molar-refractivity contribution in [3.63, 3.8) is 0 Å². The summed E-state index contributed by atoms with van der Waals surface area (Å²) in [5.41, 5.74) is 0. The molecular weight excluding hydrogens is 218 g/mol. The third-order valence-electron chi connectivity index (χ3n) is 3.01. The van der Waals surface area contributed by atoms with Gasteiger partial charge in [0.1, 0.15) is 12.5 Å². The molecular formula is C13H19NO3. The van der Waals surface area contributed by atoms with Crippen LogP contribution in [0.15, 0.2) is 18.2 Å². The fourth-order valence-corrected chi connectivity index (χ4v) is 2.01. The molecule has 1 aromatic carbocycles. The number of hydrogen-bond acceptors (Lipinski definition) is 4. The Morgan fingerprint density at radius 3 is 2.65 bits per heavy atom. The molecule has 0 radical (unpaired) electrons. The number of likely N-dealkylation sites (tertiary alicyclic amines) is 1. The summed E-state index contributed by atoms with van der Waals surface area (Å²) in [5, 5.41) is 9.61. The normalized spacial score (nSPS) is 16.8. The molecule has 1 aliphatic rings. The van der Waals surface area contributed by atoms with Crippen LogP contribution in [-0.2, 0) is 0 Å². The van der Waals surface area contributed by atoms with E-state index in [4.69, 9.17) is 9.47 Å². The Morgan fingerprint density at radius 2 is 2.00 bits per heavy atom. The number of phenolic OH excluding ortho intramolecular Hbond substituents is 1. The number of phenols is 1. The summed E-state index contributed by atoms with van der Waals surface area (Å²) in [5.74, 6) is 1.26. The van der Waals surface area contributed by atoms with Crippen molar-refractivity contribution in [3.8, 4) is 17.2 Å². The van der Waals surface area contributed by atoms with Crippen LogP contribution in [0.5, 0.6) is 17.2 Å². The van der Waals surface area contributed by atoms with Gasteiger partial charge in [-0.25, -0.2) is 0 Å². The van der Waals surface area contributed by atoms with Crippen LogP contribution in [-0.4, -0.2) is 36.9 Å². The molecule has 1 fully saturated rings. The Bertz CT molecular complexity index is 362. The second-order valence-electron chi connectivity index (χ2n) is 4.29. The number of benzene rings is 1. The third-order valence-corrected chi connectivity index (χ3v) is 3.01. The fraction of sp³-hybridized carbons (Fsp3) is 0.538. The largest absolute Gasteiger partial charge is 0.504 e. The smallest absolute Gasteiger partial charge is 0.161 e. The standard InChI is InChI=1S/C13H19NO3/c1-16-13-6-5-11(9-12(13)15)17-10-14-7-3-2-4-8-14/h5-6,9,15H,2-4,7-8,10H2,1H3. The molecule has 4 heteroatoms. The van der Waals surface area contributed by atoms with E-state index in [1.807, 2.05) is 6.07 Å². The molecule has 0 aromatic heterocycles. The Hall–Kier alpha value is -1.42. The highest BCUT2D eigenvalue weighted by molar-refractivity contribution is 5.44. The summed E-state index contributed by atoms with van der Waals surface area (Å²) in [4.78, 5) is 2.28. The van der Waals surface area contributed by atoms with Gasteiger partial charge in [0.2, 0.25) is 0 Å². The second-order valence-corrected chi connectivity index (χ2v) is 4.29. The molecule has 0 saturated carbocycles. The molecule has 1 heterocycles. The number of hydrogen-bond donors (Lipinski definition) is 1. The van der Waals surface area contributed by atoms with Crippen LogP contribution in [0.2, 0.25) is 0 Å². The molecule has 4 nitrogen and oxygen atoms in total. The lowest BCUT2D eigenvalue weighted by atomic mass is 10.1. The molecule has 1 N–H and O–H groups in total. The Labute approximate surface area is 102 Å². The molecule has 1 saturated heterocycles. The predicted molar refractivity (Wildman–Crippen MR) is 65.6 cm³/mol. The summed E-state index contributed by atoms with van der Waals surface area (Å²) in [7, 11) is 1.53. The summed E-state index contributed by atoms with van der Waals surface area (Å²) in [6.07, 6.45) is 3.81. The van der Waals surface area contributed by atoms with E-state index in [-0.39, 0.29) is 5.75 Å². The minimum atomic E-state index is 0.114. The van der Waals surface area contributed by atoms with Crippen LogP contribution in [0.3, 0.4) is 0 Å². The van der Waals surface area contributed by atoms with Gasteiger partial charge in [-0.2, -0.15) is 0 Å². The lowest BCUT2D eigenvalue weighted by molar-refractivity contribution is 0.106. The topological polar surface area (TPSA) is 41.9 Å². The van der Waals surface area contributed by atoms with Gasteiger partial charge in [-0.1, -0.05) is 6.42 Å². The van der Waals surface area contributed by atoms with Gasteiger partial charge in [0.25, 0.3) is 0 Å². The first-order valence-corrected chi connectivity index (χ1v) is 6.02. The maximum Gasteiger partial charge on any atom is 0.161 e. The van der Waals surface area contributed by atoms with Crippen LogP contribution in [0.4, 0.5) is 0 Å². The molecule has 0 amide bonds. The van der Waals surface area contributed by atoms with Crippen molar-refractivity contribution >= 4 is 0 Å². The van der Waals surface area contributed by atoms with Crippen molar-refractivity contribution in [1.82, 2.24) is 4.90 Å². The molecule has 0 spiro atoms. The highest BCUT2D eigenvalue weighted by Gasteiger charge is 2.10. The van der Waals surface area contributed by atoms with Gasteiger partial charge < -0.3 is 14.6 Å². The first-order chi connectivity index (χ1) is 8.29. The van der Waals surface area contributed by atoms with Gasteiger partial charge in [-0.3, -0.25) is 4.90 Å². The van der Waals surface area contributed by atoms with E-state index in [9.17, 15) is 5.11 Å². The van der Waals surface area contributed by atoms with Crippen molar-refractivity contribution < 1.29 is 14.6 Å². The minimum absolute atomic E-state index is 0.114. The quantitative estimate of drug-likeness (QED) is 0.872. The molecule has 2 rings (SSSR count). The van der Waals surface area contributed by atoms with E-state index in [0.717, 1.165) is 13.1 Å². The Morgan fingerprint density at radius 1 is 1.24 bits per heavy atom. The zero-order valence-corrected chi connectivity index (χ0v) is 10.2. The number of aromatic hydroxyl groups is 1. The Balaban J connectivity index is 1.87. The van der Waals surface area contributed by atoms with Crippen LogP contribution >= 0.6 is 0 Å². The van der Waals surface area contributed by atoms with Crippen molar-refractivity contribution in [2.75, 3.05) is 26.9 Å². The van der Waals surface area contributed by atoms with Crippen LogP contribution < -0.4 is 9.47 Å². The lowest BCUT2D eigenvalue weighted by Crippen LogP contribution is -2.33. The van der Waals surface area contributed by atoms with Crippen LogP contribution in [0, 0.1) is 0 Å². The molecule has 0 bridgehead atoms. The number of ether oxygens (including phenoxy) is 2. The summed E-state index contributed by atoms with van der Waals surface area (Å²) in [6, 6.07) is 5.10. The molecule has 0 unspecified atom stereocenters. The van der Waals surface area contributed by atoms with Crippen molar-refractivity contribution in [1.29, 1.82) is 0 Å². The molecule has 1 aromatic rings. The Kier molecular flexibility index (Phi) is 4.09. The second kappa shape index (κ2) is 5.77. The fourth-order valence-electron chi connectivity index (χ4n) is 2.01. The molecule has 17 heavy (non-hydrogen) atoms. The van der Waals surface area contributed by atoms with Gasteiger partial charge in [-0.15, -0.1) is 0 Å².